The van der Waals surface area contributed by atoms with Gasteiger partial charge in [0.2, 0.25) is 15.9 Å². The molecule has 0 unspecified atom stereocenters. The molecule has 166 valence electrons. The summed E-state index contributed by atoms with van der Waals surface area (Å²) in [6.07, 6.45) is 0.604. The molecular weight excluding hydrogens is 412 g/mol. The molecule has 0 bridgehead atoms. The Bertz CT molecular complexity index is 877. The highest BCUT2D eigenvalue weighted by atomic mass is 32.2. The summed E-state index contributed by atoms with van der Waals surface area (Å²) in [6.45, 7) is 2.88. The second kappa shape index (κ2) is 9.79. The van der Waals surface area contributed by atoms with Gasteiger partial charge in [-0.25, -0.2) is 13.2 Å². The highest BCUT2D eigenvalue weighted by Crippen LogP contribution is 2.19. The third kappa shape index (κ3) is 5.85. The number of nitrogens with zero attached hydrogens (tertiary/aromatic N) is 4. The zero-order valence-corrected chi connectivity index (χ0v) is 18.5. The summed E-state index contributed by atoms with van der Waals surface area (Å²) in [7, 11) is -0.478. The first-order valence-electron chi connectivity index (χ1n) is 9.53. The lowest BCUT2D eigenvalue weighted by Crippen LogP contribution is -2.53. The highest BCUT2D eigenvalue weighted by molar-refractivity contribution is 7.92. The number of hydrogen-bond acceptors (Lipinski definition) is 6. The van der Waals surface area contributed by atoms with Crippen LogP contribution >= 0.6 is 0 Å². The Morgan fingerprint density at radius 2 is 1.53 bits per heavy atom. The smallest absolute Gasteiger partial charge is 0.409 e. The summed E-state index contributed by atoms with van der Waals surface area (Å²) in [4.78, 5) is 41.0. The lowest BCUT2D eigenvalue weighted by atomic mass is 10.2. The van der Waals surface area contributed by atoms with Crippen LogP contribution in [0.5, 0.6) is 0 Å². The van der Waals surface area contributed by atoms with Gasteiger partial charge >= 0.3 is 6.09 Å². The molecule has 0 aliphatic carbocycles. The van der Waals surface area contributed by atoms with Crippen LogP contribution in [-0.2, 0) is 19.6 Å². The van der Waals surface area contributed by atoms with Gasteiger partial charge < -0.3 is 19.4 Å². The highest BCUT2D eigenvalue weighted by Gasteiger charge is 2.28. The number of piperazine rings is 1. The van der Waals surface area contributed by atoms with Crippen LogP contribution in [0.15, 0.2) is 24.3 Å². The van der Waals surface area contributed by atoms with Crippen LogP contribution < -0.4 is 4.31 Å². The molecule has 10 nitrogen and oxygen atoms in total. The Morgan fingerprint density at radius 1 is 1.00 bits per heavy atom. The van der Waals surface area contributed by atoms with Gasteiger partial charge in [-0.3, -0.25) is 13.9 Å². The van der Waals surface area contributed by atoms with Crippen molar-refractivity contribution in [2.45, 2.75) is 6.92 Å². The van der Waals surface area contributed by atoms with E-state index in [1.165, 1.54) is 39.0 Å². The Morgan fingerprint density at radius 3 is 2.00 bits per heavy atom. The Kier molecular flexibility index (Phi) is 7.65. The van der Waals surface area contributed by atoms with E-state index in [1.54, 1.807) is 21.0 Å². The summed E-state index contributed by atoms with van der Waals surface area (Å²) in [6, 6.07) is 6.06. The largest absolute Gasteiger partial charge is 0.450 e. The molecule has 1 saturated heterocycles. The molecule has 0 spiro atoms. The first-order valence-corrected chi connectivity index (χ1v) is 11.4. The Labute approximate surface area is 177 Å². The predicted molar refractivity (Wildman–Crippen MR) is 112 cm³/mol. The summed E-state index contributed by atoms with van der Waals surface area (Å²) >= 11 is 0. The second-order valence-corrected chi connectivity index (χ2v) is 8.99. The molecule has 1 aliphatic heterocycles. The predicted octanol–water partition coefficient (Wildman–Crippen LogP) is 0.455. The molecule has 2 rings (SSSR count). The molecule has 30 heavy (non-hydrogen) atoms. The molecule has 0 saturated carbocycles. The molecule has 0 radical (unpaired) electrons. The van der Waals surface area contributed by atoms with Crippen LogP contribution in [0.3, 0.4) is 0 Å². The Balaban J connectivity index is 2.08. The summed E-state index contributed by atoms with van der Waals surface area (Å²) in [5, 5.41) is 0. The van der Waals surface area contributed by atoms with Crippen molar-refractivity contribution in [3.63, 3.8) is 0 Å². The van der Waals surface area contributed by atoms with E-state index in [2.05, 4.69) is 0 Å². The number of ether oxygens (including phenoxy) is 1. The second-order valence-electron chi connectivity index (χ2n) is 7.08. The average molecular weight is 441 g/mol. The maximum atomic E-state index is 12.7. The van der Waals surface area contributed by atoms with Crippen molar-refractivity contribution in [2.24, 2.45) is 0 Å². The van der Waals surface area contributed by atoms with Gasteiger partial charge in [0.15, 0.2) is 0 Å². The van der Waals surface area contributed by atoms with Crippen molar-refractivity contribution in [3.05, 3.63) is 29.8 Å². The molecule has 1 aromatic rings. The maximum Gasteiger partial charge on any atom is 0.409 e. The van der Waals surface area contributed by atoms with Gasteiger partial charge in [-0.05, 0) is 31.2 Å². The van der Waals surface area contributed by atoms with Crippen LogP contribution in [0, 0.1) is 0 Å². The fraction of sp³-hybridized carbons (Fsp3) is 0.526. The van der Waals surface area contributed by atoms with Crippen molar-refractivity contribution < 1.29 is 27.5 Å². The summed E-state index contributed by atoms with van der Waals surface area (Å²) < 4.78 is 30.6. The van der Waals surface area contributed by atoms with Crippen molar-refractivity contribution in [1.29, 1.82) is 0 Å². The number of benzene rings is 1. The topological polar surface area (TPSA) is 108 Å². The lowest BCUT2D eigenvalue weighted by molar-refractivity contribution is -0.131. The van der Waals surface area contributed by atoms with Crippen LogP contribution in [-0.4, -0.2) is 101 Å². The quantitative estimate of drug-likeness (QED) is 0.636. The molecule has 0 N–H and O–H groups in total. The fourth-order valence-corrected chi connectivity index (χ4v) is 3.85. The number of sulfonamides is 1. The molecule has 11 heteroatoms. The van der Waals surface area contributed by atoms with Crippen molar-refractivity contribution in [1.82, 2.24) is 14.7 Å². The van der Waals surface area contributed by atoms with Gasteiger partial charge in [0.25, 0.3) is 5.91 Å². The fourth-order valence-electron chi connectivity index (χ4n) is 3.00. The van der Waals surface area contributed by atoms with Gasteiger partial charge in [-0.15, -0.1) is 0 Å². The van der Waals surface area contributed by atoms with Crippen molar-refractivity contribution >= 4 is 33.6 Å². The van der Waals surface area contributed by atoms with Crippen LogP contribution in [0.1, 0.15) is 17.3 Å². The third-order valence-corrected chi connectivity index (χ3v) is 5.79. The summed E-state index contributed by atoms with van der Waals surface area (Å²) in [5.41, 5.74) is 0.713. The average Bonchev–Trinajstić information content (AvgIpc) is 2.71. The minimum absolute atomic E-state index is 0.206. The number of carbonyl (C=O) groups is 3. The van der Waals surface area contributed by atoms with E-state index in [-0.39, 0.29) is 25.0 Å². The van der Waals surface area contributed by atoms with E-state index < -0.39 is 16.1 Å². The monoisotopic (exact) mass is 440 g/mol. The first kappa shape index (κ1) is 23.5. The minimum atomic E-state index is -3.73. The number of hydrogen-bond donors (Lipinski definition) is 0. The van der Waals surface area contributed by atoms with E-state index in [4.69, 9.17) is 4.74 Å². The number of rotatable bonds is 6. The number of amides is 3. The molecule has 0 aromatic heterocycles. The standard InChI is InChI=1S/C19H28N4O6S/c1-5-29-19(26)22-12-10-21(11-13-22)17(24)14-23(30(4,27)28)16-8-6-15(7-9-16)18(25)20(2)3/h6-9H,5,10-14H2,1-4H3. The van der Waals surface area contributed by atoms with E-state index in [0.29, 0.717) is 37.4 Å². The van der Waals surface area contributed by atoms with Gasteiger partial charge in [-0.1, -0.05) is 0 Å². The van der Waals surface area contributed by atoms with Gasteiger partial charge in [-0.2, -0.15) is 0 Å². The molecule has 1 fully saturated rings. The maximum absolute atomic E-state index is 12.7. The van der Waals surface area contributed by atoms with E-state index in [1.807, 2.05) is 0 Å². The summed E-state index contributed by atoms with van der Waals surface area (Å²) in [5.74, 6) is -0.569. The molecular formula is C19H28N4O6S. The Hall–Kier alpha value is -2.82. The third-order valence-electron chi connectivity index (χ3n) is 4.65. The van der Waals surface area contributed by atoms with Crippen LogP contribution in [0.2, 0.25) is 0 Å². The molecule has 3 amide bonds. The SMILES string of the molecule is CCOC(=O)N1CCN(C(=O)CN(c2ccc(C(=O)N(C)C)cc2)S(C)(=O)=O)CC1. The number of carbonyl (C=O) groups excluding carboxylic acids is 3. The van der Waals surface area contributed by atoms with E-state index in [0.717, 1.165) is 10.6 Å². The van der Waals surface area contributed by atoms with Gasteiger partial charge in [0, 0.05) is 45.8 Å². The van der Waals surface area contributed by atoms with Crippen molar-refractivity contribution in [3.8, 4) is 0 Å². The van der Waals surface area contributed by atoms with Crippen LogP contribution in [0.4, 0.5) is 10.5 Å². The zero-order chi connectivity index (χ0) is 22.5. The molecule has 1 aromatic carbocycles. The van der Waals surface area contributed by atoms with Gasteiger partial charge in [0.05, 0.1) is 18.6 Å². The van der Waals surface area contributed by atoms with Crippen LogP contribution in [0.25, 0.3) is 0 Å². The lowest BCUT2D eigenvalue weighted by Gasteiger charge is -2.35. The first-order chi connectivity index (χ1) is 14.0. The van der Waals surface area contributed by atoms with Crippen molar-refractivity contribution in [2.75, 3.05) is 64.0 Å². The zero-order valence-electron chi connectivity index (χ0n) is 17.7. The van der Waals surface area contributed by atoms with E-state index >= 15 is 0 Å². The molecule has 1 heterocycles. The molecule has 0 atom stereocenters. The molecule has 1 aliphatic rings. The normalized spacial score (nSPS) is 14.3. The minimum Gasteiger partial charge on any atom is -0.450 e. The van der Waals surface area contributed by atoms with Gasteiger partial charge in [0.1, 0.15) is 6.54 Å². The van der Waals surface area contributed by atoms with E-state index in [9.17, 15) is 22.8 Å². The number of anilines is 1.